The summed E-state index contributed by atoms with van der Waals surface area (Å²) in [4.78, 5) is 13.3. The summed E-state index contributed by atoms with van der Waals surface area (Å²) in [5, 5.41) is 0. The Morgan fingerprint density at radius 1 is 1.33 bits per heavy atom. The van der Waals surface area contributed by atoms with Crippen molar-refractivity contribution < 1.29 is 17.4 Å². The van der Waals surface area contributed by atoms with E-state index in [1.807, 2.05) is 20.8 Å². The number of likely N-dealkylation sites (tertiary alicyclic amines) is 1. The molecule has 0 aromatic heterocycles. The maximum atomic E-state index is 11.7. The number of hydrogen-bond donors (Lipinski definition) is 0. The van der Waals surface area contributed by atoms with E-state index in [-0.39, 0.29) is 12.0 Å². The molecule has 15 heavy (non-hydrogen) atoms. The molecule has 0 spiro atoms. The molecule has 0 N–H and O–H groups in total. The van der Waals surface area contributed by atoms with Crippen molar-refractivity contribution in [2.24, 2.45) is 5.41 Å². The fourth-order valence-corrected chi connectivity index (χ4v) is 2.00. The zero-order chi connectivity index (χ0) is 11.9. The highest BCUT2D eigenvalue weighted by atomic mass is 32.2. The van der Waals surface area contributed by atoms with Gasteiger partial charge in [-0.3, -0.25) is 8.98 Å². The zero-order valence-electron chi connectivity index (χ0n) is 9.48. The molecule has 1 aliphatic rings. The lowest BCUT2D eigenvalue weighted by Crippen LogP contribution is -2.57. The molecule has 1 aliphatic heterocycles. The predicted molar refractivity (Wildman–Crippen MR) is 55.8 cm³/mol. The highest BCUT2D eigenvalue weighted by molar-refractivity contribution is 7.86. The third kappa shape index (κ3) is 3.46. The smallest absolute Gasteiger partial charge is 0.264 e. The number of carbonyl (C=O) groups excluding carboxylic acids is 1. The van der Waals surface area contributed by atoms with E-state index in [0.717, 1.165) is 6.26 Å². The first kappa shape index (κ1) is 12.4. The van der Waals surface area contributed by atoms with Crippen molar-refractivity contribution in [2.75, 3.05) is 19.3 Å². The summed E-state index contributed by atoms with van der Waals surface area (Å²) in [6.07, 6.45) is 0.646. The lowest BCUT2D eigenvalue weighted by Gasteiger charge is -2.41. The van der Waals surface area contributed by atoms with E-state index in [2.05, 4.69) is 0 Å². The largest absolute Gasteiger partial charge is 0.337 e. The summed E-state index contributed by atoms with van der Waals surface area (Å²) < 4.78 is 26.3. The lowest BCUT2D eigenvalue weighted by atomic mass is 9.93. The molecule has 0 unspecified atom stereocenters. The van der Waals surface area contributed by atoms with E-state index in [0.29, 0.717) is 13.1 Å². The Morgan fingerprint density at radius 3 is 2.13 bits per heavy atom. The van der Waals surface area contributed by atoms with E-state index >= 15 is 0 Å². The molecule has 0 aromatic rings. The number of hydrogen-bond acceptors (Lipinski definition) is 4. The van der Waals surface area contributed by atoms with Crippen LogP contribution in [0.15, 0.2) is 0 Å². The van der Waals surface area contributed by atoms with Crippen molar-refractivity contribution in [3.8, 4) is 0 Å². The average Bonchev–Trinajstić information content (AvgIpc) is 1.90. The van der Waals surface area contributed by atoms with Gasteiger partial charge in [-0.1, -0.05) is 20.8 Å². The van der Waals surface area contributed by atoms with Crippen LogP contribution in [0.5, 0.6) is 0 Å². The Balaban J connectivity index is 2.42. The van der Waals surface area contributed by atoms with Gasteiger partial charge in [-0.15, -0.1) is 0 Å². The Hall–Kier alpha value is -0.620. The molecule has 0 bridgehead atoms. The van der Waals surface area contributed by atoms with Gasteiger partial charge in [-0.25, -0.2) is 0 Å². The van der Waals surface area contributed by atoms with Crippen LogP contribution in [-0.2, 0) is 19.1 Å². The highest BCUT2D eigenvalue weighted by Gasteiger charge is 2.38. The molecule has 0 aromatic carbocycles. The quantitative estimate of drug-likeness (QED) is 0.642. The van der Waals surface area contributed by atoms with Crippen molar-refractivity contribution in [1.29, 1.82) is 0 Å². The van der Waals surface area contributed by atoms with Gasteiger partial charge in [-0.2, -0.15) is 8.42 Å². The van der Waals surface area contributed by atoms with Crippen LogP contribution in [0.3, 0.4) is 0 Å². The molecular formula is C9H17NO4S. The molecule has 6 heteroatoms. The van der Waals surface area contributed by atoms with Crippen molar-refractivity contribution in [3.63, 3.8) is 0 Å². The Labute approximate surface area is 90.5 Å². The van der Waals surface area contributed by atoms with Crippen LogP contribution in [0.2, 0.25) is 0 Å². The van der Waals surface area contributed by atoms with Crippen LogP contribution in [0.25, 0.3) is 0 Å². The van der Waals surface area contributed by atoms with E-state index in [9.17, 15) is 13.2 Å². The summed E-state index contributed by atoms with van der Waals surface area (Å²) in [5.74, 6) is 0.0239. The number of carbonyl (C=O) groups is 1. The fourth-order valence-electron chi connectivity index (χ4n) is 1.39. The minimum absolute atomic E-state index is 0.0239. The van der Waals surface area contributed by atoms with Gasteiger partial charge >= 0.3 is 0 Å². The molecule has 0 saturated carbocycles. The van der Waals surface area contributed by atoms with Crippen molar-refractivity contribution >= 4 is 16.0 Å². The SMILES string of the molecule is CC(C)(C)C(=O)N1CC(OS(C)(=O)=O)C1. The van der Waals surface area contributed by atoms with E-state index in [1.54, 1.807) is 4.90 Å². The molecule has 88 valence electrons. The molecule has 5 nitrogen and oxygen atoms in total. The summed E-state index contributed by atoms with van der Waals surface area (Å²) >= 11 is 0. The average molecular weight is 235 g/mol. The maximum absolute atomic E-state index is 11.7. The Morgan fingerprint density at radius 2 is 1.80 bits per heavy atom. The van der Waals surface area contributed by atoms with Gasteiger partial charge in [0, 0.05) is 5.41 Å². The van der Waals surface area contributed by atoms with Crippen molar-refractivity contribution in [1.82, 2.24) is 4.90 Å². The Kier molecular flexibility index (Phi) is 3.11. The van der Waals surface area contributed by atoms with Gasteiger partial charge in [-0.05, 0) is 0 Å². The number of amides is 1. The van der Waals surface area contributed by atoms with Crippen LogP contribution >= 0.6 is 0 Å². The number of rotatable bonds is 2. The fraction of sp³-hybridized carbons (Fsp3) is 0.889. The van der Waals surface area contributed by atoms with Gasteiger partial charge in [0.05, 0.1) is 19.3 Å². The van der Waals surface area contributed by atoms with Gasteiger partial charge in [0.2, 0.25) is 5.91 Å². The second kappa shape index (κ2) is 3.75. The summed E-state index contributed by atoms with van der Waals surface area (Å²) in [5.41, 5.74) is -0.421. The first-order chi connectivity index (χ1) is 6.59. The van der Waals surface area contributed by atoms with E-state index in [1.165, 1.54) is 0 Å². The molecule has 1 amide bonds. The number of nitrogens with zero attached hydrogens (tertiary/aromatic N) is 1. The van der Waals surface area contributed by atoms with E-state index < -0.39 is 15.5 Å². The monoisotopic (exact) mass is 235 g/mol. The molecule has 1 fully saturated rings. The molecule has 1 heterocycles. The standard InChI is InChI=1S/C9H17NO4S/c1-9(2,3)8(11)10-5-7(6-10)14-15(4,12)13/h7H,5-6H2,1-4H3. The lowest BCUT2D eigenvalue weighted by molar-refractivity contribution is -0.148. The topological polar surface area (TPSA) is 63.7 Å². The highest BCUT2D eigenvalue weighted by Crippen LogP contribution is 2.23. The normalized spacial score (nSPS) is 18.8. The van der Waals surface area contributed by atoms with Gasteiger partial charge in [0.25, 0.3) is 10.1 Å². The molecule has 1 saturated heterocycles. The minimum atomic E-state index is -3.41. The van der Waals surface area contributed by atoms with Crippen LogP contribution in [0.1, 0.15) is 20.8 Å². The first-order valence-corrected chi connectivity index (χ1v) is 6.59. The van der Waals surface area contributed by atoms with Crippen LogP contribution in [-0.4, -0.2) is 44.7 Å². The van der Waals surface area contributed by atoms with Crippen molar-refractivity contribution in [3.05, 3.63) is 0 Å². The van der Waals surface area contributed by atoms with E-state index in [4.69, 9.17) is 4.18 Å². The molecular weight excluding hydrogens is 218 g/mol. The molecule has 1 rings (SSSR count). The first-order valence-electron chi connectivity index (χ1n) is 4.77. The zero-order valence-corrected chi connectivity index (χ0v) is 10.3. The molecule has 0 radical (unpaired) electrons. The summed E-state index contributed by atoms with van der Waals surface area (Å²) in [6, 6.07) is 0. The third-order valence-electron chi connectivity index (χ3n) is 2.09. The molecule has 0 aliphatic carbocycles. The maximum Gasteiger partial charge on any atom is 0.264 e. The van der Waals surface area contributed by atoms with Crippen LogP contribution in [0, 0.1) is 5.41 Å². The minimum Gasteiger partial charge on any atom is -0.337 e. The summed E-state index contributed by atoms with van der Waals surface area (Å²) in [7, 11) is -3.41. The van der Waals surface area contributed by atoms with Crippen LogP contribution in [0.4, 0.5) is 0 Å². The molecule has 0 atom stereocenters. The third-order valence-corrected chi connectivity index (χ3v) is 2.71. The Bertz CT molecular complexity index is 349. The van der Waals surface area contributed by atoms with Crippen molar-refractivity contribution in [2.45, 2.75) is 26.9 Å². The van der Waals surface area contributed by atoms with Gasteiger partial charge < -0.3 is 4.90 Å². The second-order valence-corrected chi connectivity index (χ2v) is 6.48. The second-order valence-electron chi connectivity index (χ2n) is 4.88. The summed E-state index contributed by atoms with van der Waals surface area (Å²) in [6.45, 7) is 6.23. The van der Waals surface area contributed by atoms with Gasteiger partial charge in [0.15, 0.2) is 0 Å². The van der Waals surface area contributed by atoms with Gasteiger partial charge in [0.1, 0.15) is 6.10 Å². The van der Waals surface area contributed by atoms with Crippen LogP contribution < -0.4 is 0 Å². The predicted octanol–water partition coefficient (Wildman–Crippen LogP) is 0.220.